The molecule has 0 aliphatic carbocycles. The first-order chi connectivity index (χ1) is 7.59. The van der Waals surface area contributed by atoms with E-state index < -0.39 is 11.5 Å². The second kappa shape index (κ2) is 3.90. The summed E-state index contributed by atoms with van der Waals surface area (Å²) in [4.78, 5) is 18.0. The Morgan fingerprint density at radius 3 is 2.94 bits per heavy atom. The average Bonchev–Trinajstić information content (AvgIpc) is 2.70. The average molecular weight is 234 g/mol. The summed E-state index contributed by atoms with van der Waals surface area (Å²) in [6.45, 7) is 1.73. The number of aromatic amines is 1. The van der Waals surface area contributed by atoms with Crippen molar-refractivity contribution in [2.75, 3.05) is 0 Å². The summed E-state index contributed by atoms with van der Waals surface area (Å²) in [6.07, 6.45) is 0. The topological polar surface area (TPSA) is 92.7 Å². The Bertz CT molecular complexity index is 587. The van der Waals surface area contributed by atoms with Crippen LogP contribution in [0.3, 0.4) is 0 Å². The molecule has 6 heteroatoms. The van der Waals surface area contributed by atoms with E-state index in [0.29, 0.717) is 17.0 Å². The molecule has 2 aromatic rings. The minimum Gasteiger partial charge on any atom is -0.859 e. The van der Waals surface area contributed by atoms with E-state index in [-0.39, 0.29) is 5.56 Å². The predicted octanol–water partition coefficient (Wildman–Crippen LogP) is 0.492. The van der Waals surface area contributed by atoms with Crippen molar-refractivity contribution in [3.63, 3.8) is 0 Å². The monoisotopic (exact) mass is 234 g/mol. The molecule has 0 atom stereocenters. The van der Waals surface area contributed by atoms with Gasteiger partial charge in [-0.25, -0.2) is 4.98 Å². The first-order valence-corrected chi connectivity index (χ1v) is 5.42. The van der Waals surface area contributed by atoms with Crippen LogP contribution in [0.15, 0.2) is 21.8 Å². The number of hydrogen-bond donors (Lipinski definition) is 2. The fraction of sp³-hybridized carbons (Fsp3) is 0.100. The van der Waals surface area contributed by atoms with Gasteiger partial charge in [-0.3, -0.25) is 4.79 Å². The van der Waals surface area contributed by atoms with Gasteiger partial charge in [-0.15, -0.1) is 11.3 Å². The lowest BCUT2D eigenvalue weighted by Gasteiger charge is -2.09. The highest BCUT2D eigenvalue weighted by Gasteiger charge is 2.08. The van der Waals surface area contributed by atoms with Crippen molar-refractivity contribution in [1.29, 1.82) is 5.41 Å². The lowest BCUT2D eigenvalue weighted by molar-refractivity contribution is -0.214. The van der Waals surface area contributed by atoms with Gasteiger partial charge in [0.05, 0.1) is 16.8 Å². The van der Waals surface area contributed by atoms with Gasteiger partial charge in [-0.1, -0.05) is 0 Å². The molecule has 0 radical (unpaired) electrons. The Kier molecular flexibility index (Phi) is 2.57. The summed E-state index contributed by atoms with van der Waals surface area (Å²) < 4.78 is 0. The number of H-pyrrole nitrogens is 1. The standard InChI is InChI=1S/C10H9N3O2S/c1-5-6(8-3-16-4-12-8)2-7(9(11)14)10(15)13-5/h2-4H,1H3,(H2,11,14)(H,13,15)/p-1. The molecular formula is C10H8N3O2S-. The van der Waals surface area contributed by atoms with Gasteiger partial charge in [0, 0.05) is 16.6 Å². The maximum absolute atomic E-state index is 11.4. The van der Waals surface area contributed by atoms with E-state index in [2.05, 4.69) is 9.97 Å². The van der Waals surface area contributed by atoms with Gasteiger partial charge < -0.3 is 15.5 Å². The molecule has 16 heavy (non-hydrogen) atoms. The number of aromatic nitrogens is 2. The van der Waals surface area contributed by atoms with Gasteiger partial charge in [0.25, 0.3) is 5.56 Å². The van der Waals surface area contributed by atoms with Crippen molar-refractivity contribution in [3.8, 4) is 11.3 Å². The molecule has 0 amide bonds. The van der Waals surface area contributed by atoms with Gasteiger partial charge >= 0.3 is 0 Å². The van der Waals surface area contributed by atoms with Crippen molar-refractivity contribution in [3.05, 3.63) is 38.6 Å². The molecule has 2 aromatic heterocycles. The maximum Gasteiger partial charge on any atom is 0.256 e. The second-order valence-corrected chi connectivity index (χ2v) is 3.97. The Morgan fingerprint density at radius 2 is 2.38 bits per heavy atom. The van der Waals surface area contributed by atoms with Crippen LogP contribution in [-0.2, 0) is 0 Å². The third-order valence-corrected chi connectivity index (χ3v) is 2.78. The van der Waals surface area contributed by atoms with Crippen LogP contribution in [0.5, 0.6) is 0 Å². The first-order valence-electron chi connectivity index (χ1n) is 4.48. The number of pyridine rings is 1. The zero-order valence-electron chi connectivity index (χ0n) is 8.40. The molecule has 0 bridgehead atoms. The van der Waals surface area contributed by atoms with Gasteiger partial charge in [0.1, 0.15) is 0 Å². The summed E-state index contributed by atoms with van der Waals surface area (Å²) in [6, 6.07) is 1.42. The number of aryl methyl sites for hydroxylation is 1. The van der Waals surface area contributed by atoms with Gasteiger partial charge in [-0.2, -0.15) is 0 Å². The van der Waals surface area contributed by atoms with E-state index in [0.717, 1.165) is 0 Å². The normalized spacial score (nSPS) is 10.3. The molecule has 2 heterocycles. The third-order valence-electron chi connectivity index (χ3n) is 2.19. The molecule has 2 N–H and O–H groups in total. The molecule has 0 aliphatic heterocycles. The van der Waals surface area contributed by atoms with Gasteiger partial charge in [-0.05, 0) is 18.9 Å². The molecule has 0 spiro atoms. The minimum absolute atomic E-state index is 0.159. The summed E-state index contributed by atoms with van der Waals surface area (Å²) >= 11 is 1.43. The number of hydrogen-bond acceptors (Lipinski definition) is 5. The van der Waals surface area contributed by atoms with Crippen LogP contribution >= 0.6 is 11.3 Å². The van der Waals surface area contributed by atoms with Crippen molar-refractivity contribution in [2.45, 2.75) is 6.92 Å². The minimum atomic E-state index is -0.988. The molecule has 0 unspecified atom stereocenters. The van der Waals surface area contributed by atoms with Crippen molar-refractivity contribution < 1.29 is 5.11 Å². The molecule has 82 valence electrons. The van der Waals surface area contributed by atoms with Crippen molar-refractivity contribution >= 4 is 17.2 Å². The Morgan fingerprint density at radius 1 is 1.62 bits per heavy atom. The fourth-order valence-corrected chi connectivity index (χ4v) is 1.96. The summed E-state index contributed by atoms with van der Waals surface area (Å²) in [5.74, 6) is -0.988. The smallest absolute Gasteiger partial charge is 0.256 e. The van der Waals surface area contributed by atoms with E-state index >= 15 is 0 Å². The van der Waals surface area contributed by atoms with Crippen LogP contribution in [0.2, 0.25) is 0 Å². The van der Waals surface area contributed by atoms with Crippen LogP contribution < -0.4 is 10.7 Å². The fourth-order valence-electron chi connectivity index (χ4n) is 1.40. The van der Waals surface area contributed by atoms with Crippen molar-refractivity contribution in [2.24, 2.45) is 0 Å². The Balaban J connectivity index is 2.68. The van der Waals surface area contributed by atoms with E-state index in [1.54, 1.807) is 12.4 Å². The van der Waals surface area contributed by atoms with Crippen LogP contribution in [0.1, 0.15) is 11.3 Å². The lowest BCUT2D eigenvalue weighted by atomic mass is 10.1. The van der Waals surface area contributed by atoms with E-state index in [4.69, 9.17) is 5.41 Å². The van der Waals surface area contributed by atoms with Gasteiger partial charge in [0.15, 0.2) is 0 Å². The van der Waals surface area contributed by atoms with E-state index in [1.807, 2.05) is 5.38 Å². The van der Waals surface area contributed by atoms with Crippen molar-refractivity contribution in [1.82, 2.24) is 9.97 Å². The molecular weight excluding hydrogens is 226 g/mol. The lowest BCUT2D eigenvalue weighted by Crippen LogP contribution is -2.27. The highest BCUT2D eigenvalue weighted by atomic mass is 32.1. The number of nitrogens with one attached hydrogen (secondary N) is 2. The molecule has 5 nitrogen and oxygen atoms in total. The quantitative estimate of drug-likeness (QED) is 0.585. The molecule has 0 aliphatic rings. The SMILES string of the molecule is Cc1[nH]c(=O)c(C(=N)[O-])cc1-c1cscn1. The maximum atomic E-state index is 11.4. The highest BCUT2D eigenvalue weighted by molar-refractivity contribution is 7.07. The van der Waals surface area contributed by atoms with Gasteiger partial charge in [0.2, 0.25) is 0 Å². The third kappa shape index (κ3) is 1.74. The zero-order valence-corrected chi connectivity index (χ0v) is 9.22. The first kappa shape index (κ1) is 10.6. The summed E-state index contributed by atoms with van der Waals surface area (Å²) in [5.41, 5.74) is 2.99. The molecule has 2 rings (SSSR count). The number of nitrogens with zero attached hydrogens (tertiary/aromatic N) is 1. The van der Waals surface area contributed by atoms with Crippen LogP contribution in [-0.4, -0.2) is 15.9 Å². The largest absolute Gasteiger partial charge is 0.859 e. The molecule has 0 aromatic carbocycles. The highest BCUT2D eigenvalue weighted by Crippen LogP contribution is 2.21. The van der Waals surface area contributed by atoms with Crippen LogP contribution in [0, 0.1) is 12.3 Å². The number of thiazole rings is 1. The van der Waals surface area contributed by atoms with E-state index in [1.165, 1.54) is 17.4 Å². The molecule has 0 saturated carbocycles. The second-order valence-electron chi connectivity index (χ2n) is 3.25. The molecule has 0 fully saturated rings. The Hall–Kier alpha value is -1.95. The summed E-state index contributed by atoms with van der Waals surface area (Å²) in [7, 11) is 0. The predicted molar refractivity (Wildman–Crippen MR) is 59.7 cm³/mol. The van der Waals surface area contributed by atoms with Crippen LogP contribution in [0.25, 0.3) is 11.3 Å². The number of rotatable bonds is 2. The van der Waals surface area contributed by atoms with Crippen LogP contribution in [0.4, 0.5) is 0 Å². The Labute approximate surface area is 94.9 Å². The van der Waals surface area contributed by atoms with E-state index in [9.17, 15) is 9.90 Å². The zero-order chi connectivity index (χ0) is 11.7. The molecule has 0 saturated heterocycles. The summed E-state index contributed by atoms with van der Waals surface area (Å²) in [5, 5.41) is 19.7.